The van der Waals surface area contributed by atoms with Gasteiger partial charge in [0.2, 0.25) is 0 Å². The summed E-state index contributed by atoms with van der Waals surface area (Å²) in [5.74, 6) is -2.17. The molecule has 154 valence electrons. The van der Waals surface area contributed by atoms with Crippen LogP contribution >= 0.6 is 11.6 Å². The lowest BCUT2D eigenvalue weighted by atomic mass is 10.0. The third-order valence-corrected chi connectivity index (χ3v) is 5.84. The highest BCUT2D eigenvalue weighted by atomic mass is 35.5. The number of halogens is 3. The van der Waals surface area contributed by atoms with Gasteiger partial charge in [0, 0.05) is 37.8 Å². The van der Waals surface area contributed by atoms with Gasteiger partial charge in [0.1, 0.15) is 10.8 Å². The van der Waals surface area contributed by atoms with Gasteiger partial charge in [-0.15, -0.1) is 5.10 Å². The average Bonchev–Trinajstić information content (AvgIpc) is 3.23. The first-order valence-corrected chi connectivity index (χ1v) is 9.64. The van der Waals surface area contributed by atoms with E-state index < -0.39 is 11.6 Å². The molecule has 3 aromatic rings. The van der Waals surface area contributed by atoms with E-state index in [9.17, 15) is 8.78 Å². The quantitative estimate of drug-likeness (QED) is 0.601. The maximum Gasteiger partial charge on any atom is 0.288 e. The zero-order valence-corrected chi connectivity index (χ0v) is 17.5. The van der Waals surface area contributed by atoms with Crippen molar-refractivity contribution in [2.45, 2.75) is 31.7 Å². The summed E-state index contributed by atoms with van der Waals surface area (Å²) in [4.78, 5) is 16.6. The Morgan fingerprint density at radius 3 is 2.66 bits per heavy atom. The van der Waals surface area contributed by atoms with Crippen molar-refractivity contribution < 1.29 is 8.78 Å². The van der Waals surface area contributed by atoms with Crippen LogP contribution in [0.1, 0.15) is 26.0 Å². The van der Waals surface area contributed by atoms with Crippen LogP contribution in [0, 0.1) is 0 Å². The smallest absolute Gasteiger partial charge is 0.288 e. The molecule has 3 aromatic heterocycles. The molecule has 0 radical (unpaired) electrons. The molecule has 29 heavy (non-hydrogen) atoms. The molecule has 7 nitrogen and oxygen atoms in total. The van der Waals surface area contributed by atoms with Crippen LogP contribution in [0.3, 0.4) is 0 Å². The second-order valence-electron chi connectivity index (χ2n) is 7.97. The minimum absolute atomic E-state index is 0.0138. The summed E-state index contributed by atoms with van der Waals surface area (Å²) in [6.07, 6.45) is 5.11. The Kier molecular flexibility index (Phi) is 4.70. The Balaban J connectivity index is 1.84. The highest BCUT2D eigenvalue weighted by molar-refractivity contribution is 6.30. The van der Waals surface area contributed by atoms with Crippen LogP contribution in [0.4, 0.5) is 14.6 Å². The maximum atomic E-state index is 13.8. The Morgan fingerprint density at radius 1 is 1.24 bits per heavy atom. The van der Waals surface area contributed by atoms with Crippen molar-refractivity contribution in [1.82, 2.24) is 29.6 Å². The molecule has 4 heterocycles. The third-order valence-electron chi connectivity index (χ3n) is 5.63. The van der Waals surface area contributed by atoms with Crippen molar-refractivity contribution in [1.29, 1.82) is 0 Å². The number of aromatic nitrogens is 5. The van der Waals surface area contributed by atoms with Crippen molar-refractivity contribution >= 4 is 28.3 Å². The second-order valence-corrected chi connectivity index (χ2v) is 8.36. The number of likely N-dealkylation sites (N-methyl/N-ethyl adjacent to an activating group) is 1. The predicted octanol–water partition coefficient (Wildman–Crippen LogP) is 3.51. The summed E-state index contributed by atoms with van der Waals surface area (Å²) in [6.45, 7) is 4.61. The van der Waals surface area contributed by atoms with Gasteiger partial charge < -0.3 is 9.80 Å². The van der Waals surface area contributed by atoms with Crippen LogP contribution in [-0.4, -0.2) is 62.4 Å². The van der Waals surface area contributed by atoms with E-state index in [0.29, 0.717) is 5.52 Å². The molecule has 0 amide bonds. The molecule has 4 rings (SSSR count). The number of nitrogens with zero attached hydrogens (tertiary/aromatic N) is 7. The summed E-state index contributed by atoms with van der Waals surface area (Å²) in [5, 5.41) is 5.78. The van der Waals surface area contributed by atoms with E-state index in [-0.39, 0.29) is 16.5 Å². The highest BCUT2D eigenvalue weighted by Gasteiger charge is 2.37. The van der Waals surface area contributed by atoms with Crippen molar-refractivity contribution in [2.75, 3.05) is 32.1 Å². The monoisotopic (exact) mass is 421 g/mol. The highest BCUT2D eigenvalue weighted by Crippen LogP contribution is 2.35. The lowest BCUT2D eigenvalue weighted by Gasteiger charge is -2.32. The number of pyridine rings is 1. The number of fused-ring (bicyclic) bond motifs is 1. The molecule has 1 atom stereocenters. The van der Waals surface area contributed by atoms with Gasteiger partial charge in [-0.05, 0) is 27.4 Å². The SMILES string of the molecule is CN(C)C1(C)CCN(c2nn(-c3cncc(C(C)(F)F)n3)c3cc(Cl)ncc23)C1. The zero-order chi connectivity index (χ0) is 21.0. The molecule has 0 saturated carbocycles. The third kappa shape index (κ3) is 3.53. The first-order chi connectivity index (χ1) is 13.6. The summed E-state index contributed by atoms with van der Waals surface area (Å²) in [6, 6.07) is 1.66. The van der Waals surface area contributed by atoms with Crippen LogP contribution < -0.4 is 4.90 Å². The molecular weight excluding hydrogens is 400 g/mol. The van der Waals surface area contributed by atoms with E-state index in [4.69, 9.17) is 16.7 Å². The molecule has 0 bridgehead atoms. The van der Waals surface area contributed by atoms with Gasteiger partial charge in [-0.25, -0.2) is 14.6 Å². The zero-order valence-electron chi connectivity index (χ0n) is 16.7. The van der Waals surface area contributed by atoms with Crippen LogP contribution in [0.25, 0.3) is 16.7 Å². The number of hydrogen-bond acceptors (Lipinski definition) is 6. The molecule has 0 N–H and O–H groups in total. The van der Waals surface area contributed by atoms with Gasteiger partial charge in [0.15, 0.2) is 11.6 Å². The lowest BCUT2D eigenvalue weighted by Crippen LogP contribution is -2.43. The van der Waals surface area contributed by atoms with Gasteiger partial charge >= 0.3 is 0 Å². The van der Waals surface area contributed by atoms with Crippen LogP contribution in [0.2, 0.25) is 5.15 Å². The number of hydrogen-bond donors (Lipinski definition) is 0. The molecule has 1 fully saturated rings. The van der Waals surface area contributed by atoms with Gasteiger partial charge in [-0.3, -0.25) is 4.98 Å². The van der Waals surface area contributed by atoms with Crippen LogP contribution in [0.15, 0.2) is 24.7 Å². The molecular formula is C19H22ClF2N7. The van der Waals surface area contributed by atoms with Crippen LogP contribution in [-0.2, 0) is 5.92 Å². The molecule has 1 saturated heterocycles. The normalized spacial score (nSPS) is 20.2. The van der Waals surface area contributed by atoms with E-state index in [0.717, 1.165) is 43.8 Å². The molecule has 0 aromatic carbocycles. The Morgan fingerprint density at radius 2 is 2.00 bits per heavy atom. The van der Waals surface area contributed by atoms with E-state index >= 15 is 0 Å². The minimum atomic E-state index is -3.10. The number of alkyl halides is 2. The van der Waals surface area contributed by atoms with Gasteiger partial charge in [0.05, 0.1) is 23.3 Å². The van der Waals surface area contributed by atoms with Crippen molar-refractivity contribution in [2.24, 2.45) is 0 Å². The topological polar surface area (TPSA) is 63.0 Å². The van der Waals surface area contributed by atoms with Gasteiger partial charge in [-0.1, -0.05) is 11.6 Å². The van der Waals surface area contributed by atoms with Crippen molar-refractivity contribution in [3.63, 3.8) is 0 Å². The summed E-state index contributed by atoms with van der Waals surface area (Å²) >= 11 is 6.11. The van der Waals surface area contributed by atoms with E-state index in [1.807, 2.05) is 0 Å². The van der Waals surface area contributed by atoms with E-state index in [1.165, 1.54) is 10.9 Å². The Bertz CT molecular complexity index is 1060. The lowest BCUT2D eigenvalue weighted by molar-refractivity contribution is 0.0123. The molecule has 1 unspecified atom stereocenters. The Labute approximate surface area is 172 Å². The first-order valence-electron chi connectivity index (χ1n) is 9.26. The fourth-order valence-electron chi connectivity index (χ4n) is 3.54. The van der Waals surface area contributed by atoms with Crippen molar-refractivity contribution in [3.8, 4) is 5.82 Å². The van der Waals surface area contributed by atoms with Crippen molar-refractivity contribution in [3.05, 3.63) is 35.5 Å². The van der Waals surface area contributed by atoms with E-state index in [1.54, 1.807) is 12.3 Å². The van der Waals surface area contributed by atoms with Gasteiger partial charge in [-0.2, -0.15) is 8.78 Å². The number of anilines is 1. The number of rotatable bonds is 4. The molecule has 1 aliphatic rings. The molecule has 10 heteroatoms. The predicted molar refractivity (Wildman–Crippen MR) is 108 cm³/mol. The summed E-state index contributed by atoms with van der Waals surface area (Å²) in [7, 11) is 4.13. The largest absolute Gasteiger partial charge is 0.353 e. The minimum Gasteiger partial charge on any atom is -0.353 e. The first kappa shape index (κ1) is 19.9. The standard InChI is InChI=1S/C19H22ClF2N7/c1-18(27(3)4)5-6-28(11-18)17-12-8-24-15(20)7-13(12)29(26-17)16-10-23-9-14(25-16)19(2,21)22/h7-10H,5-6,11H2,1-4H3. The molecule has 0 spiro atoms. The van der Waals surface area contributed by atoms with E-state index in [2.05, 4.69) is 45.8 Å². The fraction of sp³-hybridized carbons (Fsp3) is 0.474. The molecule has 0 aliphatic carbocycles. The fourth-order valence-corrected chi connectivity index (χ4v) is 3.69. The maximum absolute atomic E-state index is 13.8. The van der Waals surface area contributed by atoms with Crippen LogP contribution in [0.5, 0.6) is 0 Å². The average molecular weight is 422 g/mol. The summed E-state index contributed by atoms with van der Waals surface area (Å²) in [5.41, 5.74) is 0.242. The summed E-state index contributed by atoms with van der Waals surface area (Å²) < 4.78 is 29.0. The second kappa shape index (κ2) is 6.84. The molecule has 1 aliphatic heterocycles. The van der Waals surface area contributed by atoms with Gasteiger partial charge in [0.25, 0.3) is 5.92 Å². The Hall–Kier alpha value is -2.39.